The van der Waals surface area contributed by atoms with Crippen LogP contribution in [0.4, 0.5) is 18.9 Å². The summed E-state index contributed by atoms with van der Waals surface area (Å²) in [6.45, 7) is 0.177. The molecular weight excluding hydrogens is 507 g/mol. The Kier molecular flexibility index (Phi) is 7.24. The first-order chi connectivity index (χ1) is 18.7. The molecule has 1 aliphatic rings. The number of aliphatic hydroxyl groups is 1. The highest BCUT2D eigenvalue weighted by Crippen LogP contribution is 2.41. The first-order valence-corrected chi connectivity index (χ1v) is 12.7. The van der Waals surface area contributed by atoms with Crippen molar-refractivity contribution in [3.8, 4) is 5.69 Å². The number of benzene rings is 2. The first kappa shape index (κ1) is 26.6. The Bertz CT molecular complexity index is 1470. The summed E-state index contributed by atoms with van der Waals surface area (Å²) in [5.74, 6) is -0.201. The molecule has 4 aromatic rings. The lowest BCUT2D eigenvalue weighted by molar-refractivity contribution is -0.141. The lowest BCUT2D eigenvalue weighted by Gasteiger charge is -2.29. The Balaban J connectivity index is 1.48. The fourth-order valence-corrected chi connectivity index (χ4v) is 4.62. The van der Waals surface area contributed by atoms with Crippen LogP contribution >= 0.6 is 0 Å². The quantitative estimate of drug-likeness (QED) is 0.265. The molecule has 0 bridgehead atoms. The number of carbonyl (C=O) groups is 1. The van der Waals surface area contributed by atoms with Gasteiger partial charge in [-0.1, -0.05) is 43.2 Å². The fourth-order valence-electron chi connectivity index (χ4n) is 4.62. The predicted molar refractivity (Wildman–Crippen MR) is 140 cm³/mol. The minimum atomic E-state index is -4.74. The number of nitrogens with two attached hydrogens (primary N) is 1. The van der Waals surface area contributed by atoms with Crippen LogP contribution in [0.25, 0.3) is 5.69 Å². The van der Waals surface area contributed by atoms with Crippen LogP contribution in [0.1, 0.15) is 58.6 Å². The van der Waals surface area contributed by atoms with E-state index >= 15 is 0 Å². The number of rotatable bonds is 9. The summed E-state index contributed by atoms with van der Waals surface area (Å²) in [5, 5.41) is 18.2. The van der Waals surface area contributed by atoms with Crippen molar-refractivity contribution in [2.24, 2.45) is 11.7 Å². The zero-order valence-corrected chi connectivity index (χ0v) is 21.0. The number of carbonyl (C=O) groups excluding carboxylic acids is 1. The van der Waals surface area contributed by atoms with Gasteiger partial charge in [-0.3, -0.25) is 9.78 Å². The van der Waals surface area contributed by atoms with Gasteiger partial charge < -0.3 is 16.2 Å². The van der Waals surface area contributed by atoms with Crippen LogP contribution in [-0.2, 0) is 18.3 Å². The minimum absolute atomic E-state index is 0.177. The lowest BCUT2D eigenvalue weighted by atomic mass is 9.82. The monoisotopic (exact) mass is 535 g/mol. The number of aromatic nitrogens is 3. The van der Waals surface area contributed by atoms with Gasteiger partial charge in [0.2, 0.25) is 0 Å². The van der Waals surface area contributed by atoms with Gasteiger partial charge in [-0.05, 0) is 60.2 Å². The van der Waals surface area contributed by atoms with Crippen molar-refractivity contribution < 1.29 is 23.1 Å². The van der Waals surface area contributed by atoms with Gasteiger partial charge in [0.25, 0.3) is 5.91 Å². The molecule has 2 aromatic heterocycles. The molecule has 0 saturated heterocycles. The van der Waals surface area contributed by atoms with Crippen molar-refractivity contribution in [2.75, 3.05) is 5.32 Å². The third-order valence-corrected chi connectivity index (χ3v) is 6.97. The second kappa shape index (κ2) is 10.6. The predicted octanol–water partition coefficient (Wildman–Crippen LogP) is 5.42. The largest absolute Gasteiger partial charge is 0.435 e. The Labute approximate surface area is 223 Å². The molecule has 4 N–H and O–H groups in total. The summed E-state index contributed by atoms with van der Waals surface area (Å²) in [5.41, 5.74) is 5.32. The molecule has 1 atom stereocenters. The number of hydrogen-bond acceptors (Lipinski definition) is 5. The summed E-state index contributed by atoms with van der Waals surface area (Å²) >= 11 is 0. The van der Waals surface area contributed by atoms with E-state index in [1.165, 1.54) is 0 Å². The maximum Gasteiger partial charge on any atom is 0.435 e. The molecule has 1 unspecified atom stereocenters. The van der Waals surface area contributed by atoms with E-state index in [1.807, 2.05) is 0 Å². The van der Waals surface area contributed by atoms with E-state index in [4.69, 9.17) is 5.73 Å². The summed E-state index contributed by atoms with van der Waals surface area (Å²) in [4.78, 5) is 17.5. The van der Waals surface area contributed by atoms with Crippen LogP contribution in [0.2, 0.25) is 0 Å². The van der Waals surface area contributed by atoms with E-state index in [0.29, 0.717) is 34.7 Å². The molecule has 2 aromatic carbocycles. The van der Waals surface area contributed by atoms with Crippen LogP contribution in [0.3, 0.4) is 0 Å². The molecule has 1 aliphatic carbocycles. The topological polar surface area (TPSA) is 106 Å². The van der Waals surface area contributed by atoms with E-state index in [-0.39, 0.29) is 17.9 Å². The van der Waals surface area contributed by atoms with Gasteiger partial charge in [0.15, 0.2) is 5.69 Å². The van der Waals surface area contributed by atoms with Crippen molar-refractivity contribution in [3.63, 3.8) is 0 Å². The van der Waals surface area contributed by atoms with E-state index in [2.05, 4.69) is 15.4 Å². The second-order valence-electron chi connectivity index (χ2n) is 9.82. The van der Waals surface area contributed by atoms with Gasteiger partial charge in [0.05, 0.1) is 5.69 Å². The van der Waals surface area contributed by atoms with E-state index < -0.39 is 23.4 Å². The number of anilines is 1. The molecule has 1 saturated carbocycles. The number of amides is 1. The summed E-state index contributed by atoms with van der Waals surface area (Å²) in [7, 11) is 0. The molecular formula is C29H28F3N5O2. The van der Waals surface area contributed by atoms with Crippen LogP contribution < -0.4 is 11.1 Å². The molecule has 0 radical (unpaired) electrons. The highest BCUT2D eigenvalue weighted by molar-refractivity contribution is 6.03. The van der Waals surface area contributed by atoms with Gasteiger partial charge in [-0.2, -0.15) is 18.3 Å². The van der Waals surface area contributed by atoms with Crippen LogP contribution in [-0.4, -0.2) is 25.8 Å². The minimum Gasteiger partial charge on any atom is -0.380 e. The molecule has 1 fully saturated rings. The number of pyridine rings is 1. The maximum absolute atomic E-state index is 13.6. The van der Waals surface area contributed by atoms with Crippen molar-refractivity contribution >= 4 is 11.6 Å². The molecule has 7 nitrogen and oxygen atoms in total. The van der Waals surface area contributed by atoms with E-state index in [0.717, 1.165) is 30.0 Å². The number of nitrogens with zero attached hydrogens (tertiary/aromatic N) is 3. The average Bonchev–Trinajstić information content (AvgIpc) is 3.66. The molecule has 5 rings (SSSR count). The van der Waals surface area contributed by atoms with Crippen molar-refractivity contribution in [1.82, 2.24) is 14.8 Å². The van der Waals surface area contributed by atoms with Gasteiger partial charge in [0, 0.05) is 36.3 Å². The lowest BCUT2D eigenvalue weighted by Crippen LogP contribution is -2.28. The van der Waals surface area contributed by atoms with E-state index in [9.17, 15) is 23.1 Å². The van der Waals surface area contributed by atoms with E-state index in [1.54, 1.807) is 73.1 Å². The molecule has 39 heavy (non-hydrogen) atoms. The number of alkyl halides is 3. The second-order valence-corrected chi connectivity index (χ2v) is 9.82. The summed E-state index contributed by atoms with van der Waals surface area (Å²) in [6, 6.07) is 17.5. The van der Waals surface area contributed by atoms with Gasteiger partial charge in [-0.25, -0.2) is 4.68 Å². The fraction of sp³-hybridized carbons (Fsp3) is 0.276. The summed E-state index contributed by atoms with van der Waals surface area (Å²) < 4.78 is 41.6. The van der Waals surface area contributed by atoms with Gasteiger partial charge in [-0.15, -0.1) is 0 Å². The highest BCUT2D eigenvalue weighted by Gasteiger charge is 2.37. The molecule has 202 valence electrons. The molecule has 1 amide bonds. The third kappa shape index (κ3) is 5.86. The first-order valence-electron chi connectivity index (χ1n) is 12.7. The smallest absolute Gasteiger partial charge is 0.380 e. The third-order valence-electron chi connectivity index (χ3n) is 6.97. The average molecular weight is 536 g/mol. The Morgan fingerprint density at radius 3 is 2.51 bits per heavy atom. The van der Waals surface area contributed by atoms with Gasteiger partial charge in [0.1, 0.15) is 11.3 Å². The Hall–Kier alpha value is -4.02. The SMILES string of the molecule is NCc1cccc(-n2nc(C(F)(F)F)cc2C(=O)Nc2cccc(C(O)(CCC3CC3)c3cccnc3)c2)c1. The molecule has 0 spiro atoms. The van der Waals surface area contributed by atoms with Crippen molar-refractivity contribution in [1.29, 1.82) is 0 Å². The van der Waals surface area contributed by atoms with Gasteiger partial charge >= 0.3 is 6.18 Å². The zero-order valence-electron chi connectivity index (χ0n) is 21.0. The van der Waals surface area contributed by atoms with Crippen molar-refractivity contribution in [3.05, 3.63) is 107 Å². The maximum atomic E-state index is 13.6. The molecule has 10 heteroatoms. The normalized spacial score (nSPS) is 15.1. The van der Waals surface area contributed by atoms with Crippen LogP contribution in [0.15, 0.2) is 79.1 Å². The number of hydrogen-bond donors (Lipinski definition) is 3. The number of halogens is 3. The summed E-state index contributed by atoms with van der Waals surface area (Å²) in [6.07, 6.45) is 2.09. The Morgan fingerprint density at radius 2 is 1.82 bits per heavy atom. The zero-order chi connectivity index (χ0) is 27.6. The number of nitrogens with one attached hydrogen (secondary N) is 1. The standard InChI is InChI=1S/C29H28F3N5O2/c30-29(31,32)26-16-25(37(36-26)24-8-1-4-20(14-24)17-33)27(38)35-23-7-2-5-21(15-23)28(39,12-11-19-9-10-19)22-6-3-13-34-18-22/h1-8,13-16,18-19,39H,9-12,17,33H2,(H,35,38). The molecule has 0 aliphatic heterocycles. The van der Waals surface area contributed by atoms with Crippen LogP contribution in [0, 0.1) is 5.92 Å². The Morgan fingerprint density at radius 1 is 1.05 bits per heavy atom. The van der Waals surface area contributed by atoms with Crippen LogP contribution in [0.5, 0.6) is 0 Å². The highest BCUT2D eigenvalue weighted by atomic mass is 19.4. The van der Waals surface area contributed by atoms with Crippen molar-refractivity contribution in [2.45, 2.75) is 44.0 Å². The molecule has 2 heterocycles.